The highest BCUT2D eigenvalue weighted by atomic mass is 127. The van der Waals surface area contributed by atoms with E-state index in [0.29, 0.717) is 6.04 Å². The van der Waals surface area contributed by atoms with Crippen LogP contribution in [-0.2, 0) is 6.54 Å². The van der Waals surface area contributed by atoms with Gasteiger partial charge in [-0.05, 0) is 70.7 Å². The van der Waals surface area contributed by atoms with Gasteiger partial charge in [0.1, 0.15) is 5.76 Å². The molecule has 2 aromatic rings. The van der Waals surface area contributed by atoms with Crippen molar-refractivity contribution in [3.8, 4) is 0 Å². The van der Waals surface area contributed by atoms with Gasteiger partial charge in [-0.2, -0.15) is 0 Å². The van der Waals surface area contributed by atoms with Crippen LogP contribution in [0.4, 0.5) is 0 Å². The molecule has 1 aliphatic heterocycles. The molecule has 1 unspecified atom stereocenters. The van der Waals surface area contributed by atoms with Crippen LogP contribution in [0, 0.1) is 3.77 Å². The summed E-state index contributed by atoms with van der Waals surface area (Å²) in [7, 11) is 0. The van der Waals surface area contributed by atoms with Gasteiger partial charge in [0.05, 0.1) is 6.54 Å². The zero-order valence-corrected chi connectivity index (χ0v) is 13.9. The number of halogens is 2. The van der Waals surface area contributed by atoms with Crippen molar-refractivity contribution < 1.29 is 4.42 Å². The van der Waals surface area contributed by atoms with Crippen molar-refractivity contribution in [1.29, 1.82) is 0 Å². The summed E-state index contributed by atoms with van der Waals surface area (Å²) in [6.45, 7) is 0.754. The molecule has 5 heteroatoms. The molecule has 0 saturated carbocycles. The summed E-state index contributed by atoms with van der Waals surface area (Å²) in [4.78, 5) is 1.34. The van der Waals surface area contributed by atoms with Crippen molar-refractivity contribution in [3.63, 3.8) is 0 Å². The molecule has 0 amide bonds. The van der Waals surface area contributed by atoms with E-state index in [0.717, 1.165) is 33.3 Å². The van der Waals surface area contributed by atoms with E-state index >= 15 is 0 Å². The minimum Gasteiger partial charge on any atom is -0.454 e. The molecule has 1 aromatic carbocycles. The predicted molar refractivity (Wildman–Crippen MR) is 87.8 cm³/mol. The number of hydrogen-bond acceptors (Lipinski definition) is 3. The lowest BCUT2D eigenvalue weighted by molar-refractivity contribution is 0.428. The van der Waals surface area contributed by atoms with Crippen molar-refractivity contribution in [2.24, 2.45) is 0 Å². The number of furan rings is 1. The monoisotopic (exact) mass is 405 g/mol. The van der Waals surface area contributed by atoms with Gasteiger partial charge < -0.3 is 9.73 Å². The van der Waals surface area contributed by atoms with Gasteiger partial charge in [-0.15, -0.1) is 11.8 Å². The standard InChI is InChI=1S/C14H13ClINOS/c15-9-1-3-13-11(7-9)12(5-6-19-13)17-8-10-2-4-14(16)18-10/h1-4,7,12,17H,5-6,8H2. The van der Waals surface area contributed by atoms with Crippen molar-refractivity contribution in [1.82, 2.24) is 5.32 Å². The Morgan fingerprint density at radius 2 is 2.26 bits per heavy atom. The van der Waals surface area contributed by atoms with Gasteiger partial charge >= 0.3 is 0 Å². The molecule has 0 radical (unpaired) electrons. The zero-order chi connectivity index (χ0) is 13.2. The van der Waals surface area contributed by atoms with E-state index in [9.17, 15) is 0 Å². The van der Waals surface area contributed by atoms with Crippen molar-refractivity contribution in [2.75, 3.05) is 5.75 Å². The summed E-state index contributed by atoms with van der Waals surface area (Å²) in [6.07, 6.45) is 1.12. The Bertz CT molecular complexity index is 587. The number of thioether (sulfide) groups is 1. The lowest BCUT2D eigenvalue weighted by Gasteiger charge is -2.26. The van der Waals surface area contributed by atoms with E-state index in [1.54, 1.807) is 0 Å². The lowest BCUT2D eigenvalue weighted by Crippen LogP contribution is -2.24. The molecule has 0 saturated heterocycles. The number of hydrogen-bond donors (Lipinski definition) is 1. The molecule has 0 spiro atoms. The molecule has 1 N–H and O–H groups in total. The maximum absolute atomic E-state index is 6.11. The van der Waals surface area contributed by atoms with Crippen LogP contribution in [0.15, 0.2) is 39.6 Å². The van der Waals surface area contributed by atoms with E-state index in [2.05, 4.69) is 40.0 Å². The molecule has 2 heterocycles. The van der Waals surface area contributed by atoms with Gasteiger partial charge in [0, 0.05) is 16.0 Å². The molecule has 2 nitrogen and oxygen atoms in total. The van der Waals surface area contributed by atoms with Crippen LogP contribution in [0.5, 0.6) is 0 Å². The van der Waals surface area contributed by atoms with Crippen LogP contribution in [0.3, 0.4) is 0 Å². The van der Waals surface area contributed by atoms with Crippen molar-refractivity contribution >= 4 is 46.0 Å². The molecule has 100 valence electrons. The van der Waals surface area contributed by atoms with Crippen LogP contribution < -0.4 is 5.32 Å². The van der Waals surface area contributed by atoms with Gasteiger partial charge in [-0.1, -0.05) is 11.6 Å². The quantitative estimate of drug-likeness (QED) is 0.738. The number of nitrogens with one attached hydrogen (secondary N) is 1. The smallest absolute Gasteiger partial charge is 0.164 e. The fraction of sp³-hybridized carbons (Fsp3) is 0.286. The van der Waals surface area contributed by atoms with Crippen LogP contribution in [0.2, 0.25) is 5.02 Å². The second-order valence-electron chi connectivity index (χ2n) is 4.46. The van der Waals surface area contributed by atoms with E-state index in [-0.39, 0.29) is 0 Å². The second-order valence-corrected chi connectivity index (χ2v) is 7.09. The SMILES string of the molecule is Clc1ccc2c(c1)C(NCc1ccc(I)o1)CCS2. The molecule has 0 fully saturated rings. The first-order valence-electron chi connectivity index (χ1n) is 6.12. The van der Waals surface area contributed by atoms with Crippen LogP contribution >= 0.6 is 46.0 Å². The fourth-order valence-corrected chi connectivity index (χ4v) is 4.00. The highest BCUT2D eigenvalue weighted by Gasteiger charge is 2.20. The molecule has 1 aromatic heterocycles. The van der Waals surface area contributed by atoms with Gasteiger partial charge in [0.2, 0.25) is 0 Å². The normalized spacial score (nSPS) is 18.3. The van der Waals surface area contributed by atoms with Gasteiger partial charge in [0.15, 0.2) is 3.77 Å². The third-order valence-electron chi connectivity index (χ3n) is 3.16. The first-order valence-corrected chi connectivity index (χ1v) is 8.56. The Morgan fingerprint density at radius 1 is 1.37 bits per heavy atom. The summed E-state index contributed by atoms with van der Waals surface area (Å²) < 4.78 is 6.51. The van der Waals surface area contributed by atoms with E-state index < -0.39 is 0 Å². The third kappa shape index (κ3) is 3.29. The minimum atomic E-state index is 0.359. The topological polar surface area (TPSA) is 25.2 Å². The molecule has 3 rings (SSSR count). The average molecular weight is 406 g/mol. The summed E-state index contributed by atoms with van der Waals surface area (Å²) in [5.41, 5.74) is 1.31. The Balaban J connectivity index is 1.74. The zero-order valence-electron chi connectivity index (χ0n) is 10.2. The van der Waals surface area contributed by atoms with Crippen LogP contribution in [0.25, 0.3) is 0 Å². The average Bonchev–Trinajstić information content (AvgIpc) is 2.82. The highest BCUT2D eigenvalue weighted by molar-refractivity contribution is 14.1. The second kappa shape index (κ2) is 6.08. The minimum absolute atomic E-state index is 0.359. The van der Waals surface area contributed by atoms with Gasteiger partial charge in [0.25, 0.3) is 0 Å². The van der Waals surface area contributed by atoms with Crippen LogP contribution in [0.1, 0.15) is 23.8 Å². The molecular formula is C14H13ClINOS. The number of fused-ring (bicyclic) bond motifs is 1. The third-order valence-corrected chi connectivity index (χ3v) is 5.10. The van der Waals surface area contributed by atoms with E-state index in [1.165, 1.54) is 10.5 Å². The first kappa shape index (κ1) is 13.8. The summed E-state index contributed by atoms with van der Waals surface area (Å²) in [5.74, 6) is 2.12. The largest absolute Gasteiger partial charge is 0.454 e. The maximum Gasteiger partial charge on any atom is 0.164 e. The van der Waals surface area contributed by atoms with Crippen molar-refractivity contribution in [3.05, 3.63) is 50.4 Å². The van der Waals surface area contributed by atoms with Crippen LogP contribution in [-0.4, -0.2) is 5.75 Å². The molecular weight excluding hydrogens is 393 g/mol. The summed E-state index contributed by atoms with van der Waals surface area (Å²) in [5, 5.41) is 4.37. The number of benzene rings is 1. The molecule has 19 heavy (non-hydrogen) atoms. The Labute approximate surface area is 135 Å². The van der Waals surface area contributed by atoms with E-state index in [1.807, 2.05) is 30.0 Å². The van der Waals surface area contributed by atoms with Gasteiger partial charge in [-0.3, -0.25) is 0 Å². The summed E-state index contributed by atoms with van der Waals surface area (Å²) >= 11 is 10.2. The Hall–Kier alpha value is -0.170. The van der Waals surface area contributed by atoms with Crippen molar-refractivity contribution in [2.45, 2.75) is 23.9 Å². The lowest BCUT2D eigenvalue weighted by atomic mass is 10.0. The van der Waals surface area contributed by atoms with Gasteiger partial charge in [-0.25, -0.2) is 0 Å². The maximum atomic E-state index is 6.11. The predicted octanol–water partition coefficient (Wildman–Crippen LogP) is 4.86. The van der Waals surface area contributed by atoms with E-state index in [4.69, 9.17) is 16.0 Å². The number of rotatable bonds is 3. The highest BCUT2D eigenvalue weighted by Crippen LogP contribution is 2.37. The fourth-order valence-electron chi connectivity index (χ4n) is 2.25. The molecule has 0 bridgehead atoms. The Morgan fingerprint density at radius 3 is 3.05 bits per heavy atom. The molecule has 1 aliphatic rings. The molecule has 0 aliphatic carbocycles. The Kier molecular flexibility index (Phi) is 4.41. The molecule has 1 atom stereocenters. The summed E-state index contributed by atoms with van der Waals surface area (Å²) in [6, 6.07) is 10.5. The first-order chi connectivity index (χ1) is 9.22.